The van der Waals surface area contributed by atoms with Crippen molar-refractivity contribution in [2.75, 3.05) is 0 Å². The van der Waals surface area contributed by atoms with Gasteiger partial charge in [-0.05, 0) is 60.5 Å². The zero-order valence-electron chi connectivity index (χ0n) is 17.4. The predicted molar refractivity (Wildman–Crippen MR) is 129 cm³/mol. The highest BCUT2D eigenvalue weighted by Crippen LogP contribution is 2.22. The molecule has 160 valence electrons. The van der Waals surface area contributed by atoms with E-state index in [1.165, 1.54) is 5.56 Å². The highest BCUT2D eigenvalue weighted by atomic mass is 79.9. The number of nitrogens with zero attached hydrogens (tertiary/aromatic N) is 2. The minimum atomic E-state index is -0.368. The summed E-state index contributed by atoms with van der Waals surface area (Å²) >= 11 is 3.40. The summed E-state index contributed by atoms with van der Waals surface area (Å²) in [7, 11) is 0. The molecule has 0 unspecified atom stereocenters. The number of hydrogen-bond acceptors (Lipinski definition) is 4. The molecule has 32 heavy (non-hydrogen) atoms. The Hall–Kier alpha value is -3.71. The molecule has 6 nitrogen and oxygen atoms in total. The van der Waals surface area contributed by atoms with Crippen LogP contribution in [-0.2, 0) is 6.61 Å². The average molecular weight is 489 g/mol. The Morgan fingerprint density at radius 1 is 1.09 bits per heavy atom. The fourth-order valence-electron chi connectivity index (χ4n) is 2.97. The van der Waals surface area contributed by atoms with Gasteiger partial charge in [-0.2, -0.15) is 10.2 Å². The number of carbonyl (C=O) groups excluding carboxylic acids is 1. The van der Waals surface area contributed by atoms with Crippen LogP contribution >= 0.6 is 15.9 Å². The van der Waals surface area contributed by atoms with E-state index in [0.29, 0.717) is 18.0 Å². The molecule has 1 amide bonds. The number of aromatic amines is 1. The standard InChI is InChI=1S/C25H21BrN4O2/c1-17-5-7-18(8-6-17)16-32-22-11-9-20(10-12-22)23-14-24(29-28-23)25(31)30-27-15-19-3-2-4-21(26)13-19/h2-15H,16H2,1H3,(H,28,29)(H,30,31)/b27-15+. The molecule has 3 aromatic carbocycles. The van der Waals surface area contributed by atoms with E-state index in [0.717, 1.165) is 26.9 Å². The average Bonchev–Trinajstić information content (AvgIpc) is 3.30. The van der Waals surface area contributed by atoms with Crippen molar-refractivity contribution in [1.29, 1.82) is 0 Å². The molecule has 0 bridgehead atoms. The number of halogens is 1. The number of hydrazone groups is 1. The molecule has 0 spiro atoms. The SMILES string of the molecule is Cc1ccc(COc2ccc(-c3cc(C(=O)N/N=C/c4cccc(Br)c4)[nH]n3)cc2)cc1. The van der Waals surface area contributed by atoms with Crippen LogP contribution in [0.15, 0.2) is 88.4 Å². The smallest absolute Gasteiger partial charge is 0.289 e. The van der Waals surface area contributed by atoms with E-state index >= 15 is 0 Å². The first-order valence-corrected chi connectivity index (χ1v) is 10.8. The van der Waals surface area contributed by atoms with E-state index in [-0.39, 0.29) is 5.91 Å². The largest absolute Gasteiger partial charge is 0.489 e. The van der Waals surface area contributed by atoms with Gasteiger partial charge in [0.05, 0.1) is 11.9 Å². The van der Waals surface area contributed by atoms with Crippen molar-refractivity contribution >= 4 is 28.1 Å². The molecule has 4 rings (SSSR count). The van der Waals surface area contributed by atoms with Crippen molar-refractivity contribution in [2.45, 2.75) is 13.5 Å². The van der Waals surface area contributed by atoms with Gasteiger partial charge in [-0.25, -0.2) is 5.43 Å². The predicted octanol–water partition coefficient (Wildman–Crippen LogP) is 5.49. The van der Waals surface area contributed by atoms with E-state index in [4.69, 9.17) is 4.74 Å². The van der Waals surface area contributed by atoms with Gasteiger partial charge in [0.2, 0.25) is 0 Å². The normalized spacial score (nSPS) is 10.9. The second-order valence-corrected chi connectivity index (χ2v) is 8.14. The highest BCUT2D eigenvalue weighted by molar-refractivity contribution is 9.10. The number of hydrogen-bond donors (Lipinski definition) is 2. The van der Waals surface area contributed by atoms with Crippen LogP contribution in [0.2, 0.25) is 0 Å². The lowest BCUT2D eigenvalue weighted by Gasteiger charge is -2.07. The molecule has 0 aliphatic heterocycles. The number of benzene rings is 3. The van der Waals surface area contributed by atoms with Crippen molar-refractivity contribution in [3.05, 3.63) is 106 Å². The summed E-state index contributed by atoms with van der Waals surface area (Å²) in [6.07, 6.45) is 1.58. The van der Waals surface area contributed by atoms with Crippen LogP contribution in [-0.4, -0.2) is 22.3 Å². The number of nitrogens with one attached hydrogen (secondary N) is 2. The second-order valence-electron chi connectivity index (χ2n) is 7.22. The molecule has 0 fully saturated rings. The molecule has 0 aliphatic carbocycles. The van der Waals surface area contributed by atoms with Crippen LogP contribution in [0, 0.1) is 6.92 Å². The van der Waals surface area contributed by atoms with Crippen molar-refractivity contribution in [1.82, 2.24) is 15.6 Å². The van der Waals surface area contributed by atoms with Crippen LogP contribution in [0.4, 0.5) is 0 Å². The second kappa shape index (κ2) is 10.1. The summed E-state index contributed by atoms with van der Waals surface area (Å²) in [6.45, 7) is 2.57. The number of aromatic nitrogens is 2. The molecule has 2 N–H and O–H groups in total. The third-order valence-electron chi connectivity index (χ3n) is 4.73. The third-order valence-corrected chi connectivity index (χ3v) is 5.22. The van der Waals surface area contributed by atoms with Crippen LogP contribution in [0.25, 0.3) is 11.3 Å². The summed E-state index contributed by atoms with van der Waals surface area (Å²) in [4.78, 5) is 12.3. The number of rotatable bonds is 7. The van der Waals surface area contributed by atoms with Crippen LogP contribution in [0.1, 0.15) is 27.2 Å². The molecule has 7 heteroatoms. The first kappa shape index (κ1) is 21.5. The van der Waals surface area contributed by atoms with E-state index in [1.54, 1.807) is 12.3 Å². The lowest BCUT2D eigenvalue weighted by atomic mass is 10.1. The molecule has 0 radical (unpaired) electrons. The maximum Gasteiger partial charge on any atom is 0.289 e. The minimum Gasteiger partial charge on any atom is -0.489 e. The summed E-state index contributed by atoms with van der Waals surface area (Å²) < 4.78 is 6.79. The Morgan fingerprint density at radius 2 is 1.88 bits per heavy atom. The van der Waals surface area contributed by atoms with Crippen molar-refractivity contribution in [2.24, 2.45) is 5.10 Å². The third kappa shape index (κ3) is 5.70. The molecule has 0 saturated heterocycles. The quantitative estimate of drug-likeness (QED) is 0.266. The number of aryl methyl sites for hydroxylation is 1. The summed E-state index contributed by atoms with van der Waals surface area (Å²) in [5, 5.41) is 11.0. The topological polar surface area (TPSA) is 79.4 Å². The van der Waals surface area contributed by atoms with Gasteiger partial charge >= 0.3 is 0 Å². The molecule has 0 saturated carbocycles. The fourth-order valence-corrected chi connectivity index (χ4v) is 3.39. The Kier molecular flexibility index (Phi) is 6.77. The van der Waals surface area contributed by atoms with E-state index < -0.39 is 0 Å². The first-order valence-electron chi connectivity index (χ1n) is 10.00. The van der Waals surface area contributed by atoms with Crippen LogP contribution in [0.3, 0.4) is 0 Å². The molecule has 1 aromatic heterocycles. The van der Waals surface area contributed by atoms with Gasteiger partial charge in [-0.1, -0.05) is 57.9 Å². The summed E-state index contributed by atoms with van der Waals surface area (Å²) in [5.41, 5.74) is 7.57. The maximum atomic E-state index is 12.3. The summed E-state index contributed by atoms with van der Waals surface area (Å²) in [6, 6.07) is 25.1. The Morgan fingerprint density at radius 3 is 2.62 bits per heavy atom. The van der Waals surface area contributed by atoms with E-state index in [1.807, 2.05) is 48.5 Å². The van der Waals surface area contributed by atoms with Gasteiger partial charge in [0.1, 0.15) is 18.1 Å². The Bertz CT molecular complexity index is 1230. The lowest BCUT2D eigenvalue weighted by Crippen LogP contribution is -2.17. The molecular weight excluding hydrogens is 468 g/mol. The van der Waals surface area contributed by atoms with E-state index in [2.05, 4.69) is 67.8 Å². The Labute approximate surface area is 194 Å². The van der Waals surface area contributed by atoms with Gasteiger partial charge in [-0.3, -0.25) is 9.89 Å². The van der Waals surface area contributed by atoms with Gasteiger partial charge in [-0.15, -0.1) is 0 Å². The van der Waals surface area contributed by atoms with Crippen LogP contribution < -0.4 is 10.2 Å². The number of ether oxygens (including phenoxy) is 1. The monoisotopic (exact) mass is 488 g/mol. The van der Waals surface area contributed by atoms with Crippen molar-refractivity contribution in [3.63, 3.8) is 0 Å². The lowest BCUT2D eigenvalue weighted by molar-refractivity contribution is 0.0950. The first-order chi connectivity index (χ1) is 15.6. The molecule has 1 heterocycles. The molecule has 0 aliphatic rings. The number of H-pyrrole nitrogens is 1. The van der Waals surface area contributed by atoms with Crippen molar-refractivity contribution < 1.29 is 9.53 Å². The van der Waals surface area contributed by atoms with Crippen LogP contribution in [0.5, 0.6) is 5.75 Å². The molecule has 4 aromatic rings. The highest BCUT2D eigenvalue weighted by Gasteiger charge is 2.10. The van der Waals surface area contributed by atoms with E-state index in [9.17, 15) is 4.79 Å². The molecular formula is C25H21BrN4O2. The number of amides is 1. The van der Waals surface area contributed by atoms with Crippen molar-refractivity contribution in [3.8, 4) is 17.0 Å². The van der Waals surface area contributed by atoms with Gasteiger partial charge in [0, 0.05) is 10.0 Å². The minimum absolute atomic E-state index is 0.325. The fraction of sp³-hybridized carbons (Fsp3) is 0.0800. The van der Waals surface area contributed by atoms with Gasteiger partial charge in [0.25, 0.3) is 5.91 Å². The Balaban J connectivity index is 1.34. The molecule has 0 atom stereocenters. The summed E-state index contributed by atoms with van der Waals surface area (Å²) in [5.74, 6) is 0.401. The van der Waals surface area contributed by atoms with Gasteiger partial charge in [0.15, 0.2) is 0 Å². The number of carbonyl (C=O) groups is 1. The zero-order valence-corrected chi connectivity index (χ0v) is 19.0. The maximum absolute atomic E-state index is 12.3. The van der Waals surface area contributed by atoms with Gasteiger partial charge < -0.3 is 4.74 Å². The zero-order chi connectivity index (χ0) is 22.3.